The minimum Gasteiger partial charge on any atom is -0.454 e. The van der Waals surface area contributed by atoms with Crippen LogP contribution in [-0.4, -0.2) is 16.0 Å². The van der Waals surface area contributed by atoms with E-state index >= 15 is 0 Å². The summed E-state index contributed by atoms with van der Waals surface area (Å²) in [7, 11) is 0. The van der Waals surface area contributed by atoms with E-state index in [0.717, 1.165) is 57.7 Å². The second kappa shape index (κ2) is 8.19. The summed E-state index contributed by atoms with van der Waals surface area (Å²) in [6, 6.07) is 22.3. The third-order valence-corrected chi connectivity index (χ3v) is 7.21. The molecule has 0 saturated heterocycles. The van der Waals surface area contributed by atoms with Crippen LogP contribution in [-0.2, 0) is 12.8 Å². The van der Waals surface area contributed by atoms with Gasteiger partial charge in [0, 0.05) is 28.2 Å². The SMILES string of the molecule is N#Cc1c(/N=C/c2cn(-c3ccccc3)nc2-c2cc3ccccc3o2)sc2c1CCCC2. The molecule has 5 aromatic rings. The summed E-state index contributed by atoms with van der Waals surface area (Å²) in [6.07, 6.45) is 8.11. The first-order valence-electron chi connectivity index (χ1n) is 11.0. The minimum absolute atomic E-state index is 0.693. The number of nitrogens with zero attached hydrogens (tertiary/aromatic N) is 4. The Morgan fingerprint density at radius 3 is 2.73 bits per heavy atom. The molecule has 0 amide bonds. The first-order chi connectivity index (χ1) is 16.3. The Morgan fingerprint density at radius 1 is 1.06 bits per heavy atom. The fourth-order valence-electron chi connectivity index (χ4n) is 4.37. The summed E-state index contributed by atoms with van der Waals surface area (Å²) >= 11 is 1.64. The Hall–Kier alpha value is -3.95. The summed E-state index contributed by atoms with van der Waals surface area (Å²) < 4.78 is 7.96. The molecule has 160 valence electrons. The van der Waals surface area contributed by atoms with Gasteiger partial charge in [0.2, 0.25) is 0 Å². The highest BCUT2D eigenvalue weighted by molar-refractivity contribution is 7.16. The molecule has 6 heteroatoms. The first-order valence-corrected chi connectivity index (χ1v) is 11.8. The number of aliphatic imine (C=N–C) groups is 1. The van der Waals surface area contributed by atoms with Crippen molar-refractivity contribution < 1.29 is 4.42 Å². The van der Waals surface area contributed by atoms with Gasteiger partial charge in [0.15, 0.2) is 5.76 Å². The van der Waals surface area contributed by atoms with E-state index in [4.69, 9.17) is 14.5 Å². The van der Waals surface area contributed by atoms with Gasteiger partial charge in [0.1, 0.15) is 22.3 Å². The van der Waals surface area contributed by atoms with Crippen LogP contribution in [0.3, 0.4) is 0 Å². The van der Waals surface area contributed by atoms with E-state index in [-0.39, 0.29) is 0 Å². The van der Waals surface area contributed by atoms with Crippen LogP contribution in [0.1, 0.15) is 34.4 Å². The Kier molecular flexibility index (Phi) is 4.89. The Balaban J connectivity index is 1.46. The molecule has 3 heterocycles. The molecular formula is C27H20N4OS. The molecule has 0 N–H and O–H groups in total. The summed E-state index contributed by atoms with van der Waals surface area (Å²) in [5.41, 5.74) is 5.26. The lowest BCUT2D eigenvalue weighted by Crippen LogP contribution is -1.99. The average Bonchev–Trinajstić information content (AvgIpc) is 3.57. The lowest BCUT2D eigenvalue weighted by Gasteiger charge is -2.09. The molecule has 0 aliphatic heterocycles. The highest BCUT2D eigenvalue weighted by Crippen LogP contribution is 2.39. The quantitative estimate of drug-likeness (QED) is 0.282. The summed E-state index contributed by atoms with van der Waals surface area (Å²) in [4.78, 5) is 6.08. The molecular weight excluding hydrogens is 428 g/mol. The van der Waals surface area contributed by atoms with Gasteiger partial charge in [0.25, 0.3) is 0 Å². The first kappa shape index (κ1) is 19.7. The van der Waals surface area contributed by atoms with E-state index in [1.54, 1.807) is 11.3 Å². The van der Waals surface area contributed by atoms with Crippen LogP contribution in [0.2, 0.25) is 0 Å². The third kappa shape index (κ3) is 3.57. The maximum atomic E-state index is 9.78. The molecule has 0 atom stereocenters. The molecule has 2 aromatic carbocycles. The smallest absolute Gasteiger partial charge is 0.156 e. The van der Waals surface area contributed by atoms with Crippen molar-refractivity contribution in [1.82, 2.24) is 9.78 Å². The molecule has 0 bridgehead atoms. The van der Waals surface area contributed by atoms with Gasteiger partial charge in [-0.3, -0.25) is 0 Å². The van der Waals surface area contributed by atoms with Crippen LogP contribution in [0.25, 0.3) is 28.1 Å². The topological polar surface area (TPSA) is 67.1 Å². The van der Waals surface area contributed by atoms with Gasteiger partial charge in [-0.2, -0.15) is 10.4 Å². The molecule has 0 radical (unpaired) electrons. The molecule has 0 spiro atoms. The summed E-state index contributed by atoms with van der Waals surface area (Å²) in [5.74, 6) is 0.693. The fourth-order valence-corrected chi connectivity index (χ4v) is 5.55. The highest BCUT2D eigenvalue weighted by Gasteiger charge is 2.21. The van der Waals surface area contributed by atoms with Crippen molar-refractivity contribution in [2.24, 2.45) is 4.99 Å². The molecule has 6 rings (SSSR count). The second-order valence-electron chi connectivity index (χ2n) is 8.12. The number of nitriles is 1. The van der Waals surface area contributed by atoms with Crippen LogP contribution in [0.4, 0.5) is 5.00 Å². The number of hydrogen-bond donors (Lipinski definition) is 0. The lowest BCUT2D eigenvalue weighted by atomic mass is 9.96. The van der Waals surface area contributed by atoms with Gasteiger partial charge < -0.3 is 4.42 Å². The molecule has 33 heavy (non-hydrogen) atoms. The highest BCUT2D eigenvalue weighted by atomic mass is 32.1. The van der Waals surface area contributed by atoms with E-state index in [2.05, 4.69) is 6.07 Å². The van der Waals surface area contributed by atoms with E-state index in [0.29, 0.717) is 5.76 Å². The molecule has 1 aliphatic rings. The fraction of sp³-hybridized carbons (Fsp3) is 0.148. The van der Waals surface area contributed by atoms with Gasteiger partial charge in [-0.25, -0.2) is 9.67 Å². The maximum absolute atomic E-state index is 9.78. The van der Waals surface area contributed by atoms with Crippen molar-refractivity contribution in [2.45, 2.75) is 25.7 Å². The zero-order chi connectivity index (χ0) is 22.2. The monoisotopic (exact) mass is 448 g/mol. The van der Waals surface area contributed by atoms with E-state index in [1.807, 2.05) is 77.8 Å². The number of furan rings is 1. The van der Waals surface area contributed by atoms with Crippen molar-refractivity contribution >= 4 is 33.5 Å². The molecule has 3 aromatic heterocycles. The van der Waals surface area contributed by atoms with Crippen molar-refractivity contribution in [3.8, 4) is 23.2 Å². The summed E-state index contributed by atoms with van der Waals surface area (Å²) in [5, 5.41) is 16.4. The number of benzene rings is 2. The Morgan fingerprint density at radius 2 is 1.88 bits per heavy atom. The largest absolute Gasteiger partial charge is 0.454 e. The van der Waals surface area contributed by atoms with Crippen molar-refractivity contribution in [3.05, 3.63) is 88.4 Å². The van der Waals surface area contributed by atoms with Gasteiger partial charge in [-0.15, -0.1) is 11.3 Å². The maximum Gasteiger partial charge on any atom is 0.156 e. The molecule has 0 saturated carbocycles. The minimum atomic E-state index is 0.693. The van der Waals surface area contributed by atoms with E-state index in [9.17, 15) is 5.26 Å². The van der Waals surface area contributed by atoms with Gasteiger partial charge in [-0.1, -0.05) is 36.4 Å². The van der Waals surface area contributed by atoms with Crippen LogP contribution >= 0.6 is 11.3 Å². The third-order valence-electron chi connectivity index (χ3n) is 6.01. The van der Waals surface area contributed by atoms with E-state index < -0.39 is 0 Å². The summed E-state index contributed by atoms with van der Waals surface area (Å²) in [6.45, 7) is 0. The molecule has 5 nitrogen and oxygen atoms in total. The number of fused-ring (bicyclic) bond motifs is 2. The molecule has 0 fully saturated rings. The normalized spacial score (nSPS) is 13.4. The van der Waals surface area contributed by atoms with Crippen LogP contribution in [0.5, 0.6) is 0 Å². The Labute approximate surface area is 195 Å². The van der Waals surface area contributed by atoms with Gasteiger partial charge >= 0.3 is 0 Å². The zero-order valence-electron chi connectivity index (χ0n) is 17.9. The van der Waals surface area contributed by atoms with Gasteiger partial charge in [-0.05, 0) is 55.5 Å². The number of para-hydroxylation sites is 2. The van der Waals surface area contributed by atoms with Crippen molar-refractivity contribution in [1.29, 1.82) is 5.26 Å². The molecule has 0 unspecified atom stereocenters. The van der Waals surface area contributed by atoms with Crippen LogP contribution in [0.15, 0.2) is 76.3 Å². The van der Waals surface area contributed by atoms with Crippen molar-refractivity contribution in [3.63, 3.8) is 0 Å². The Bertz CT molecular complexity index is 1500. The predicted octanol–water partition coefficient (Wildman–Crippen LogP) is 6.85. The second-order valence-corrected chi connectivity index (χ2v) is 9.21. The lowest BCUT2D eigenvalue weighted by molar-refractivity contribution is 0.627. The standard InChI is InChI=1S/C27H20N4OS/c28-15-22-21-11-5-7-13-25(21)33-27(22)29-16-19-17-31(20-9-2-1-3-10-20)30-26(19)24-14-18-8-4-6-12-23(18)32-24/h1-4,6,8-10,12,14,16-17H,5,7,11,13H2/b29-16+. The molecule has 1 aliphatic carbocycles. The number of hydrogen-bond acceptors (Lipinski definition) is 5. The predicted molar refractivity (Wildman–Crippen MR) is 132 cm³/mol. The zero-order valence-corrected chi connectivity index (χ0v) is 18.7. The van der Waals surface area contributed by atoms with Crippen LogP contribution < -0.4 is 0 Å². The number of thiophene rings is 1. The number of rotatable bonds is 4. The van der Waals surface area contributed by atoms with Crippen molar-refractivity contribution in [2.75, 3.05) is 0 Å². The number of aromatic nitrogens is 2. The average molecular weight is 449 g/mol. The van der Waals surface area contributed by atoms with Crippen LogP contribution in [0, 0.1) is 11.3 Å². The van der Waals surface area contributed by atoms with Gasteiger partial charge in [0.05, 0.1) is 11.3 Å². The number of aryl methyl sites for hydroxylation is 1. The van der Waals surface area contributed by atoms with E-state index in [1.165, 1.54) is 16.9 Å².